The van der Waals surface area contributed by atoms with E-state index in [9.17, 15) is 13.6 Å². The molecule has 1 atom stereocenters. The molecule has 0 saturated carbocycles. The van der Waals surface area contributed by atoms with E-state index < -0.39 is 5.92 Å². The number of carbonyl (C=O) groups is 1. The molecule has 1 aliphatic rings. The first-order valence-corrected chi connectivity index (χ1v) is 10.4. The summed E-state index contributed by atoms with van der Waals surface area (Å²) >= 11 is 0. The number of halogens is 2. The highest BCUT2D eigenvalue weighted by Crippen LogP contribution is 2.19. The molecule has 1 rings (SSSR count). The molecule has 0 saturated heterocycles. The second-order valence-electron chi connectivity index (χ2n) is 7.42. The Morgan fingerprint density at radius 2 is 2.06 bits per heavy atom. The molecule has 0 bridgehead atoms. The zero-order valence-electron chi connectivity index (χ0n) is 19.2. The molecule has 0 spiro atoms. The Bertz CT molecular complexity index is 835. The van der Waals surface area contributed by atoms with Crippen molar-refractivity contribution in [2.24, 2.45) is 9.98 Å². The lowest BCUT2D eigenvalue weighted by Crippen LogP contribution is -2.39. The number of alkyl halides is 2. The van der Waals surface area contributed by atoms with Crippen LogP contribution in [0.5, 0.6) is 0 Å². The van der Waals surface area contributed by atoms with Crippen molar-refractivity contribution in [2.45, 2.75) is 59.4 Å². The van der Waals surface area contributed by atoms with Crippen LogP contribution < -0.4 is 5.32 Å². The van der Waals surface area contributed by atoms with Crippen LogP contribution in [0.25, 0.3) is 0 Å². The third-order valence-electron chi connectivity index (χ3n) is 4.90. The monoisotopic (exact) mass is 432 g/mol. The van der Waals surface area contributed by atoms with Gasteiger partial charge in [0.15, 0.2) is 0 Å². The van der Waals surface area contributed by atoms with Gasteiger partial charge in [-0.3, -0.25) is 14.8 Å². The van der Waals surface area contributed by atoms with Gasteiger partial charge in [-0.1, -0.05) is 32.2 Å². The van der Waals surface area contributed by atoms with E-state index in [-0.39, 0.29) is 17.7 Å². The van der Waals surface area contributed by atoms with Gasteiger partial charge in [0, 0.05) is 36.8 Å². The second kappa shape index (κ2) is 12.1. The average molecular weight is 433 g/mol. The van der Waals surface area contributed by atoms with Gasteiger partial charge in [0.1, 0.15) is 0 Å². The second-order valence-corrected chi connectivity index (χ2v) is 7.42. The Balaban J connectivity index is 3.06. The van der Waals surface area contributed by atoms with E-state index in [1.54, 1.807) is 18.0 Å². The molecule has 0 fully saturated rings. The van der Waals surface area contributed by atoms with Gasteiger partial charge in [-0.05, 0) is 52.2 Å². The third-order valence-corrected chi connectivity index (χ3v) is 4.90. The highest BCUT2D eigenvalue weighted by molar-refractivity contribution is 6.04. The van der Waals surface area contributed by atoms with Gasteiger partial charge in [-0.25, -0.2) is 0 Å². The summed E-state index contributed by atoms with van der Waals surface area (Å²) in [5.41, 5.74) is 2.82. The van der Waals surface area contributed by atoms with E-state index in [1.165, 1.54) is 13.1 Å². The first-order chi connectivity index (χ1) is 14.6. The standard InChI is InChI=1S/C24H34F2N4O/c1-8-13-27-22(20-11-14-30(15-12-20)23(31)17(4)5)18(6)29-21(9-2)16-28-19(7)24(25,26)10-3/h8,10-11,13,16,18,29H,3-4,9,12,14-15H2,1-2,5-7H3/b13-8-,21-16+,27-22?,28-19?. The van der Waals surface area contributed by atoms with Crippen LogP contribution in [-0.2, 0) is 4.79 Å². The number of nitrogens with one attached hydrogen (secondary N) is 1. The molecule has 1 N–H and O–H groups in total. The SMILES string of the molecule is C=CC(F)(F)C(C)=N/C=C(\CC)NC(C)C(=N/C=C\C)C1=CCN(C(=O)C(=C)C)CC1. The fourth-order valence-corrected chi connectivity index (χ4v) is 2.97. The summed E-state index contributed by atoms with van der Waals surface area (Å²) in [6.45, 7) is 16.7. The predicted molar refractivity (Wildman–Crippen MR) is 126 cm³/mol. The highest BCUT2D eigenvalue weighted by Gasteiger charge is 2.28. The van der Waals surface area contributed by atoms with Gasteiger partial charge < -0.3 is 10.2 Å². The molecule has 31 heavy (non-hydrogen) atoms. The van der Waals surface area contributed by atoms with E-state index in [1.807, 2.05) is 32.9 Å². The molecule has 5 nitrogen and oxygen atoms in total. The van der Waals surface area contributed by atoms with Gasteiger partial charge in [0.25, 0.3) is 0 Å². The van der Waals surface area contributed by atoms with Gasteiger partial charge in [-0.2, -0.15) is 8.78 Å². The Morgan fingerprint density at radius 3 is 2.55 bits per heavy atom. The first kappa shape index (κ1) is 26.2. The van der Waals surface area contributed by atoms with Crippen molar-refractivity contribution in [2.75, 3.05) is 13.1 Å². The maximum Gasteiger partial charge on any atom is 0.303 e. The quantitative estimate of drug-likeness (QED) is 0.293. The van der Waals surface area contributed by atoms with Crippen molar-refractivity contribution in [3.63, 3.8) is 0 Å². The van der Waals surface area contributed by atoms with E-state index in [2.05, 4.69) is 28.5 Å². The fraction of sp³-hybridized carbons (Fsp3) is 0.458. The minimum atomic E-state index is -3.14. The molecule has 1 aliphatic heterocycles. The number of amides is 1. The van der Waals surface area contributed by atoms with Crippen molar-refractivity contribution in [3.8, 4) is 0 Å². The molecule has 1 unspecified atom stereocenters. The summed E-state index contributed by atoms with van der Waals surface area (Å²) in [5.74, 6) is -3.19. The van der Waals surface area contributed by atoms with Crippen molar-refractivity contribution in [1.29, 1.82) is 0 Å². The van der Waals surface area contributed by atoms with Gasteiger partial charge >= 0.3 is 5.92 Å². The van der Waals surface area contributed by atoms with Gasteiger partial charge in [0.05, 0.1) is 17.5 Å². The molecule has 7 heteroatoms. The molecule has 1 heterocycles. The minimum absolute atomic E-state index is 0.0471. The number of aliphatic imine (C=N–C) groups is 2. The Morgan fingerprint density at radius 1 is 1.39 bits per heavy atom. The highest BCUT2D eigenvalue weighted by atomic mass is 19.3. The molecule has 0 aromatic rings. The van der Waals surface area contributed by atoms with E-state index in [0.717, 1.165) is 17.0 Å². The van der Waals surface area contributed by atoms with Crippen LogP contribution in [0, 0.1) is 0 Å². The Labute approximate surface area is 184 Å². The maximum atomic E-state index is 13.6. The summed E-state index contributed by atoms with van der Waals surface area (Å²) < 4.78 is 27.3. The third kappa shape index (κ3) is 7.74. The number of nitrogens with zero attached hydrogens (tertiary/aromatic N) is 3. The zero-order chi connectivity index (χ0) is 23.6. The molecule has 0 aliphatic carbocycles. The minimum Gasteiger partial charge on any atom is -0.379 e. The fourth-order valence-electron chi connectivity index (χ4n) is 2.97. The van der Waals surface area contributed by atoms with Gasteiger partial charge in [-0.15, -0.1) is 0 Å². The lowest BCUT2D eigenvalue weighted by atomic mass is 9.97. The Hall–Kier alpha value is -2.83. The largest absolute Gasteiger partial charge is 0.379 e. The van der Waals surface area contributed by atoms with Crippen LogP contribution in [0.15, 0.2) is 70.6 Å². The number of hydrogen-bond donors (Lipinski definition) is 1. The summed E-state index contributed by atoms with van der Waals surface area (Å²) in [6.07, 6.45) is 8.86. The van der Waals surface area contributed by atoms with Crippen molar-refractivity contribution in [3.05, 3.63) is 60.6 Å². The molecular weight excluding hydrogens is 398 g/mol. The summed E-state index contributed by atoms with van der Waals surface area (Å²) in [6, 6.07) is -0.174. The van der Waals surface area contributed by atoms with E-state index in [4.69, 9.17) is 0 Å². The molecule has 0 radical (unpaired) electrons. The lowest BCUT2D eigenvalue weighted by Gasteiger charge is -2.29. The number of carbonyl (C=O) groups excluding carboxylic acids is 1. The lowest BCUT2D eigenvalue weighted by molar-refractivity contribution is -0.126. The summed E-state index contributed by atoms with van der Waals surface area (Å²) in [4.78, 5) is 22.4. The smallest absolute Gasteiger partial charge is 0.303 e. The van der Waals surface area contributed by atoms with Crippen LogP contribution in [0.4, 0.5) is 8.78 Å². The molecular formula is C24H34F2N4O. The van der Waals surface area contributed by atoms with E-state index in [0.29, 0.717) is 37.6 Å². The topological polar surface area (TPSA) is 57.1 Å². The van der Waals surface area contributed by atoms with Crippen LogP contribution in [0.2, 0.25) is 0 Å². The van der Waals surface area contributed by atoms with Crippen LogP contribution in [0.3, 0.4) is 0 Å². The summed E-state index contributed by atoms with van der Waals surface area (Å²) in [5, 5.41) is 3.33. The average Bonchev–Trinajstić information content (AvgIpc) is 2.76. The molecule has 170 valence electrons. The van der Waals surface area contributed by atoms with Crippen molar-refractivity contribution >= 4 is 17.3 Å². The van der Waals surface area contributed by atoms with Crippen molar-refractivity contribution < 1.29 is 13.6 Å². The molecule has 0 aromatic carbocycles. The van der Waals surface area contributed by atoms with Crippen molar-refractivity contribution in [1.82, 2.24) is 10.2 Å². The number of rotatable bonds is 10. The van der Waals surface area contributed by atoms with Crippen LogP contribution in [-0.4, -0.2) is 47.3 Å². The van der Waals surface area contributed by atoms with E-state index >= 15 is 0 Å². The molecule has 0 aromatic heterocycles. The zero-order valence-corrected chi connectivity index (χ0v) is 19.2. The normalized spacial score (nSPS) is 17.5. The number of allylic oxidation sites excluding steroid dienone is 3. The summed E-state index contributed by atoms with van der Waals surface area (Å²) in [7, 11) is 0. The Kier molecular flexibility index (Phi) is 10.3. The van der Waals surface area contributed by atoms with Gasteiger partial charge in [0.2, 0.25) is 5.91 Å². The maximum absolute atomic E-state index is 13.6. The first-order valence-electron chi connectivity index (χ1n) is 10.4. The van der Waals surface area contributed by atoms with Crippen LogP contribution in [0.1, 0.15) is 47.5 Å². The number of hydrogen-bond acceptors (Lipinski definition) is 4. The molecule has 1 amide bonds. The van der Waals surface area contributed by atoms with Crippen LogP contribution >= 0.6 is 0 Å². The predicted octanol–water partition coefficient (Wildman–Crippen LogP) is 5.21.